The minimum Gasteiger partial charge on any atom is -0.467 e. The van der Waals surface area contributed by atoms with Gasteiger partial charge in [0.15, 0.2) is 0 Å². The Labute approximate surface area is 196 Å². The molecule has 0 aromatic heterocycles. The summed E-state index contributed by atoms with van der Waals surface area (Å²) in [7, 11) is 2.70. The normalized spacial score (nSPS) is 13.1. The molecule has 1 atom stereocenters. The average molecular weight is 468 g/mol. The van der Waals surface area contributed by atoms with Crippen molar-refractivity contribution in [3.8, 4) is 11.1 Å². The molecule has 1 amide bonds. The van der Waals surface area contributed by atoms with Gasteiger partial charge in [0.05, 0.1) is 12.1 Å². The highest BCUT2D eigenvalue weighted by Gasteiger charge is 2.32. The number of hydrogen-bond acceptors (Lipinski definition) is 4. The number of amides is 1. The first-order chi connectivity index (χ1) is 15.9. The Bertz CT molecular complexity index is 1150. The molecule has 0 saturated heterocycles. The number of nitrogens with zero attached hydrogens (tertiary/aromatic N) is 1. The van der Waals surface area contributed by atoms with Crippen molar-refractivity contribution in [2.45, 2.75) is 18.4 Å². The standard InChI is InChI=1S/C26H23ClFNO4/c1-29(24(25(30)32-2)14-16-11-12-22(27)23(28)13-16)26(31)33-15-21-19-9-5-3-7-17(19)18-8-4-6-10-20(18)21/h3-13,21,24H,14-15H2,1-2H3. The van der Waals surface area contributed by atoms with E-state index in [1.807, 2.05) is 36.4 Å². The van der Waals surface area contributed by atoms with Crippen molar-refractivity contribution in [3.05, 3.63) is 94.3 Å². The third-order valence-electron chi connectivity index (χ3n) is 5.98. The fourth-order valence-corrected chi connectivity index (χ4v) is 4.34. The molecular formula is C26H23ClFNO4. The molecule has 170 valence electrons. The van der Waals surface area contributed by atoms with E-state index < -0.39 is 23.9 Å². The van der Waals surface area contributed by atoms with Crippen LogP contribution in [0.2, 0.25) is 5.02 Å². The maximum absolute atomic E-state index is 13.9. The number of rotatable bonds is 6. The summed E-state index contributed by atoms with van der Waals surface area (Å²) >= 11 is 5.74. The second kappa shape index (κ2) is 9.63. The Hall–Kier alpha value is -3.38. The number of likely N-dealkylation sites (N-methyl/N-ethyl adjacent to an activating group) is 1. The number of carbonyl (C=O) groups is 2. The number of methoxy groups -OCH3 is 1. The molecule has 0 aliphatic heterocycles. The smallest absolute Gasteiger partial charge is 0.410 e. The first-order valence-electron chi connectivity index (χ1n) is 10.5. The van der Waals surface area contributed by atoms with Gasteiger partial charge in [0.1, 0.15) is 18.5 Å². The first-order valence-corrected chi connectivity index (χ1v) is 10.9. The SMILES string of the molecule is COC(=O)C(Cc1ccc(Cl)c(F)c1)N(C)C(=O)OCC1c2ccccc2-c2ccccc21. The van der Waals surface area contributed by atoms with Crippen molar-refractivity contribution in [2.24, 2.45) is 0 Å². The number of hydrogen-bond donors (Lipinski definition) is 0. The summed E-state index contributed by atoms with van der Waals surface area (Å²) in [6, 6.07) is 19.3. The van der Waals surface area contributed by atoms with Crippen LogP contribution in [-0.4, -0.2) is 43.8 Å². The fourth-order valence-electron chi connectivity index (χ4n) is 4.23. The Morgan fingerprint density at radius 3 is 2.21 bits per heavy atom. The third kappa shape index (κ3) is 4.57. The number of halogens is 2. The maximum atomic E-state index is 13.9. The van der Waals surface area contributed by atoms with Gasteiger partial charge in [-0.15, -0.1) is 0 Å². The summed E-state index contributed by atoms with van der Waals surface area (Å²) in [5.41, 5.74) is 4.94. The van der Waals surface area contributed by atoms with Crippen LogP contribution in [0.25, 0.3) is 11.1 Å². The van der Waals surface area contributed by atoms with Gasteiger partial charge in [-0.1, -0.05) is 66.2 Å². The molecule has 0 radical (unpaired) electrons. The molecule has 1 aliphatic carbocycles. The molecule has 0 fully saturated rings. The predicted molar refractivity (Wildman–Crippen MR) is 124 cm³/mol. The molecule has 5 nitrogen and oxygen atoms in total. The third-order valence-corrected chi connectivity index (χ3v) is 6.28. The van der Waals surface area contributed by atoms with Crippen LogP contribution < -0.4 is 0 Å². The monoisotopic (exact) mass is 467 g/mol. The topological polar surface area (TPSA) is 55.8 Å². The van der Waals surface area contributed by atoms with Crippen molar-refractivity contribution >= 4 is 23.7 Å². The van der Waals surface area contributed by atoms with Crippen LogP contribution in [0, 0.1) is 5.82 Å². The largest absolute Gasteiger partial charge is 0.467 e. The summed E-state index contributed by atoms with van der Waals surface area (Å²) in [4.78, 5) is 26.5. The van der Waals surface area contributed by atoms with Crippen LogP contribution in [0.3, 0.4) is 0 Å². The lowest BCUT2D eigenvalue weighted by molar-refractivity contribution is -0.145. The van der Waals surface area contributed by atoms with E-state index in [4.69, 9.17) is 21.1 Å². The lowest BCUT2D eigenvalue weighted by Gasteiger charge is -2.26. The zero-order valence-corrected chi connectivity index (χ0v) is 19.0. The van der Waals surface area contributed by atoms with Crippen LogP contribution in [0.15, 0.2) is 66.7 Å². The Balaban J connectivity index is 1.50. The Morgan fingerprint density at radius 2 is 1.64 bits per heavy atom. The van der Waals surface area contributed by atoms with E-state index in [0.29, 0.717) is 5.56 Å². The minimum absolute atomic E-state index is 0.0155. The van der Waals surface area contributed by atoms with Crippen LogP contribution in [0.1, 0.15) is 22.6 Å². The van der Waals surface area contributed by atoms with Gasteiger partial charge < -0.3 is 9.47 Å². The summed E-state index contributed by atoms with van der Waals surface area (Å²) in [6.07, 6.45) is -0.608. The van der Waals surface area contributed by atoms with E-state index in [2.05, 4.69) is 12.1 Å². The molecule has 4 rings (SSSR count). The average Bonchev–Trinajstić information content (AvgIpc) is 3.16. The summed E-state index contributed by atoms with van der Waals surface area (Å²) < 4.78 is 24.4. The highest BCUT2D eigenvalue weighted by atomic mass is 35.5. The van der Waals surface area contributed by atoms with Crippen LogP contribution in [0.5, 0.6) is 0 Å². The molecule has 33 heavy (non-hydrogen) atoms. The highest BCUT2D eigenvalue weighted by Crippen LogP contribution is 2.44. The molecular weight excluding hydrogens is 445 g/mol. The second-order valence-electron chi connectivity index (χ2n) is 7.91. The van der Waals surface area contributed by atoms with Crippen LogP contribution >= 0.6 is 11.6 Å². The predicted octanol–water partition coefficient (Wildman–Crippen LogP) is 5.44. The molecule has 3 aromatic carbocycles. The van der Waals surface area contributed by atoms with Crippen LogP contribution in [-0.2, 0) is 20.7 Å². The van der Waals surface area contributed by atoms with Crippen molar-refractivity contribution in [1.82, 2.24) is 4.90 Å². The van der Waals surface area contributed by atoms with E-state index in [0.717, 1.165) is 22.3 Å². The van der Waals surface area contributed by atoms with Crippen molar-refractivity contribution in [1.29, 1.82) is 0 Å². The van der Waals surface area contributed by atoms with Gasteiger partial charge in [-0.3, -0.25) is 4.90 Å². The molecule has 0 heterocycles. The summed E-state index contributed by atoms with van der Waals surface area (Å²) in [5.74, 6) is -1.32. The number of benzene rings is 3. The van der Waals surface area contributed by atoms with Gasteiger partial charge >= 0.3 is 12.1 Å². The van der Waals surface area contributed by atoms with E-state index in [-0.39, 0.29) is 24.0 Å². The zero-order valence-electron chi connectivity index (χ0n) is 18.3. The first kappa shape index (κ1) is 22.8. The molecule has 0 N–H and O–H groups in total. The molecule has 0 saturated carbocycles. The lowest BCUT2D eigenvalue weighted by Crippen LogP contribution is -2.45. The van der Waals surface area contributed by atoms with E-state index in [1.54, 1.807) is 6.07 Å². The van der Waals surface area contributed by atoms with Crippen molar-refractivity contribution in [2.75, 3.05) is 20.8 Å². The summed E-state index contributed by atoms with van der Waals surface area (Å²) in [6.45, 7) is 0.126. The molecule has 1 aliphatic rings. The number of carbonyl (C=O) groups excluding carboxylic acids is 2. The van der Waals surface area contributed by atoms with Gasteiger partial charge in [-0.05, 0) is 39.9 Å². The van der Waals surface area contributed by atoms with E-state index in [1.165, 1.54) is 31.2 Å². The minimum atomic E-state index is -0.980. The molecule has 1 unspecified atom stereocenters. The molecule has 7 heteroatoms. The van der Waals surface area contributed by atoms with Gasteiger partial charge in [-0.25, -0.2) is 14.0 Å². The van der Waals surface area contributed by atoms with Crippen molar-refractivity contribution < 1.29 is 23.5 Å². The van der Waals surface area contributed by atoms with Gasteiger partial charge in [0, 0.05) is 19.4 Å². The second-order valence-corrected chi connectivity index (χ2v) is 8.31. The zero-order chi connectivity index (χ0) is 23.5. The quantitative estimate of drug-likeness (QED) is 0.453. The van der Waals surface area contributed by atoms with Crippen molar-refractivity contribution in [3.63, 3.8) is 0 Å². The van der Waals surface area contributed by atoms with Crippen LogP contribution in [0.4, 0.5) is 9.18 Å². The molecule has 0 spiro atoms. The number of esters is 1. The molecule has 3 aromatic rings. The van der Waals surface area contributed by atoms with E-state index in [9.17, 15) is 14.0 Å². The highest BCUT2D eigenvalue weighted by molar-refractivity contribution is 6.30. The van der Waals surface area contributed by atoms with E-state index >= 15 is 0 Å². The van der Waals surface area contributed by atoms with Gasteiger partial charge in [-0.2, -0.15) is 0 Å². The number of ether oxygens (including phenoxy) is 2. The Kier molecular flexibility index (Phi) is 6.65. The van der Waals surface area contributed by atoms with Gasteiger partial charge in [0.25, 0.3) is 0 Å². The lowest BCUT2D eigenvalue weighted by atomic mass is 9.98. The fraction of sp³-hybridized carbons (Fsp3) is 0.231. The maximum Gasteiger partial charge on any atom is 0.410 e. The Morgan fingerprint density at radius 1 is 1.03 bits per heavy atom. The molecule has 0 bridgehead atoms. The summed E-state index contributed by atoms with van der Waals surface area (Å²) in [5, 5.41) is -0.0155. The van der Waals surface area contributed by atoms with Gasteiger partial charge in [0.2, 0.25) is 0 Å². The number of fused-ring (bicyclic) bond motifs is 3.